The molecule has 2 aromatic rings. The van der Waals surface area contributed by atoms with Crippen molar-refractivity contribution in [2.24, 2.45) is 10.4 Å². The first-order valence-electron chi connectivity index (χ1n) is 9.61. The number of amidine groups is 1. The number of aliphatic imine (C=N–C) groups is 1. The largest absolute Gasteiger partial charge is 0.343 e. The van der Waals surface area contributed by atoms with Crippen molar-refractivity contribution >= 4 is 23.1 Å². The number of likely N-dealkylation sites (tertiary alicyclic amines) is 1. The quantitative estimate of drug-likeness (QED) is 0.805. The average molecular weight is 386 g/mol. The van der Waals surface area contributed by atoms with E-state index in [1.165, 1.54) is 5.56 Å². The first-order chi connectivity index (χ1) is 13.2. The molecule has 3 nitrogen and oxygen atoms in total. The van der Waals surface area contributed by atoms with Crippen LogP contribution in [0.25, 0.3) is 0 Å². The average Bonchev–Trinajstić information content (AvgIpc) is 2.68. The highest BCUT2D eigenvalue weighted by atomic mass is 35.5. The van der Waals surface area contributed by atoms with Crippen molar-refractivity contribution in [2.45, 2.75) is 25.8 Å². The van der Waals surface area contributed by atoms with Crippen molar-refractivity contribution in [1.82, 2.24) is 4.90 Å². The Labute approximate surface area is 165 Å². The molecule has 2 aromatic carbocycles. The highest BCUT2D eigenvalue weighted by molar-refractivity contribution is 6.30. The van der Waals surface area contributed by atoms with Gasteiger partial charge in [-0.15, -0.1) is 0 Å². The van der Waals surface area contributed by atoms with Crippen molar-refractivity contribution in [2.75, 3.05) is 31.6 Å². The summed E-state index contributed by atoms with van der Waals surface area (Å²) in [4.78, 5) is 7.22. The second kappa shape index (κ2) is 7.99. The molecule has 1 spiro atoms. The molecule has 0 aromatic heterocycles. The summed E-state index contributed by atoms with van der Waals surface area (Å²) in [7, 11) is 0. The normalized spacial score (nSPS) is 20.4. The van der Waals surface area contributed by atoms with Crippen LogP contribution in [0, 0.1) is 5.41 Å². The topological polar surface area (TPSA) is 27.6 Å². The van der Waals surface area contributed by atoms with Gasteiger partial charge in [0.1, 0.15) is 12.5 Å². The molecule has 4 rings (SSSR count). The van der Waals surface area contributed by atoms with Gasteiger partial charge in [-0.05, 0) is 61.7 Å². The van der Waals surface area contributed by atoms with Gasteiger partial charge in [0.15, 0.2) is 0 Å². The lowest BCUT2D eigenvalue weighted by atomic mass is 9.70. The maximum Gasteiger partial charge on any atom is 0.108 e. The Bertz CT molecular complexity index is 828. The molecule has 27 heavy (non-hydrogen) atoms. The Morgan fingerprint density at radius 3 is 2.70 bits per heavy atom. The highest BCUT2D eigenvalue weighted by Crippen LogP contribution is 2.42. The molecule has 0 unspecified atom stereocenters. The zero-order chi connectivity index (χ0) is 18.7. The molecule has 0 bridgehead atoms. The zero-order valence-electron chi connectivity index (χ0n) is 15.4. The molecule has 2 aliphatic rings. The van der Waals surface area contributed by atoms with E-state index < -0.39 is 0 Å². The summed E-state index contributed by atoms with van der Waals surface area (Å²) >= 11 is 6.12. The van der Waals surface area contributed by atoms with Crippen LogP contribution < -0.4 is 5.32 Å². The third kappa shape index (κ3) is 4.02. The van der Waals surface area contributed by atoms with E-state index in [-0.39, 0.29) is 12.1 Å². The molecule has 1 saturated heterocycles. The Hall–Kier alpha value is -1.91. The number of fused-ring (bicyclic) bond motifs is 1. The monoisotopic (exact) mass is 385 g/mol. The van der Waals surface area contributed by atoms with Gasteiger partial charge in [0.2, 0.25) is 0 Å². The molecule has 2 aliphatic heterocycles. The summed E-state index contributed by atoms with van der Waals surface area (Å²) in [6.45, 7) is 2.72. The van der Waals surface area contributed by atoms with E-state index in [0.717, 1.165) is 54.5 Å². The standard InChI is InChI=1S/C22H25ClFN3/c23-19-6-3-4-17(14-19)16-25-21-22(8-11-27(12-9-22)13-10-24)15-18-5-1-2-7-20(18)26-21/h1-7,14H,8-13,15-16H2,(H,25,26). The third-order valence-corrected chi connectivity index (χ3v) is 6.06. The van der Waals surface area contributed by atoms with Gasteiger partial charge in [0, 0.05) is 22.7 Å². The smallest absolute Gasteiger partial charge is 0.108 e. The Morgan fingerprint density at radius 2 is 1.93 bits per heavy atom. The lowest BCUT2D eigenvalue weighted by Gasteiger charge is -2.45. The highest BCUT2D eigenvalue weighted by Gasteiger charge is 2.42. The Morgan fingerprint density at radius 1 is 1.11 bits per heavy atom. The van der Waals surface area contributed by atoms with Crippen molar-refractivity contribution in [3.05, 3.63) is 64.7 Å². The molecule has 0 amide bonds. The molecule has 142 valence electrons. The van der Waals surface area contributed by atoms with Crippen LogP contribution in [0.3, 0.4) is 0 Å². The van der Waals surface area contributed by atoms with E-state index in [1.54, 1.807) is 0 Å². The van der Waals surface area contributed by atoms with Crippen LogP contribution in [-0.2, 0) is 13.0 Å². The van der Waals surface area contributed by atoms with E-state index in [4.69, 9.17) is 16.6 Å². The second-order valence-electron chi connectivity index (χ2n) is 7.56. The van der Waals surface area contributed by atoms with Gasteiger partial charge in [0.05, 0.1) is 6.54 Å². The SMILES string of the molecule is FCCN1CCC2(CC1)Cc1ccccc1NC2=NCc1cccc(Cl)c1. The van der Waals surface area contributed by atoms with E-state index in [9.17, 15) is 4.39 Å². The van der Waals surface area contributed by atoms with E-state index >= 15 is 0 Å². The number of halogens is 2. The predicted octanol–water partition coefficient (Wildman–Crippen LogP) is 4.96. The van der Waals surface area contributed by atoms with E-state index in [0.29, 0.717) is 13.1 Å². The van der Waals surface area contributed by atoms with Gasteiger partial charge in [-0.2, -0.15) is 0 Å². The number of alkyl halides is 1. The number of para-hydroxylation sites is 1. The molecule has 0 radical (unpaired) electrons. The number of hydrogen-bond donors (Lipinski definition) is 1. The molecular weight excluding hydrogens is 361 g/mol. The van der Waals surface area contributed by atoms with E-state index in [2.05, 4.69) is 40.5 Å². The summed E-state index contributed by atoms with van der Waals surface area (Å²) in [6, 6.07) is 16.4. The van der Waals surface area contributed by atoms with Crippen molar-refractivity contribution in [1.29, 1.82) is 0 Å². The minimum absolute atomic E-state index is 0.0136. The summed E-state index contributed by atoms with van der Waals surface area (Å²) in [6.07, 6.45) is 3.00. The fourth-order valence-corrected chi connectivity index (χ4v) is 4.47. The number of nitrogens with zero attached hydrogens (tertiary/aromatic N) is 2. The van der Waals surface area contributed by atoms with Crippen LogP contribution in [0.2, 0.25) is 5.02 Å². The van der Waals surface area contributed by atoms with Gasteiger partial charge in [-0.25, -0.2) is 4.39 Å². The number of benzene rings is 2. The Balaban J connectivity index is 1.61. The summed E-state index contributed by atoms with van der Waals surface area (Å²) < 4.78 is 12.7. The summed E-state index contributed by atoms with van der Waals surface area (Å²) in [5.41, 5.74) is 3.62. The molecule has 5 heteroatoms. The van der Waals surface area contributed by atoms with Crippen LogP contribution in [0.5, 0.6) is 0 Å². The molecule has 1 N–H and O–H groups in total. The molecular formula is C22H25ClFN3. The van der Waals surface area contributed by atoms with Crippen molar-refractivity contribution in [3.63, 3.8) is 0 Å². The summed E-state index contributed by atoms with van der Waals surface area (Å²) in [5.74, 6) is 1.07. The number of anilines is 1. The van der Waals surface area contributed by atoms with Crippen molar-refractivity contribution in [3.8, 4) is 0 Å². The van der Waals surface area contributed by atoms with E-state index in [1.807, 2.05) is 18.2 Å². The molecule has 0 saturated carbocycles. The van der Waals surface area contributed by atoms with Crippen molar-refractivity contribution < 1.29 is 4.39 Å². The third-order valence-electron chi connectivity index (χ3n) is 5.82. The molecule has 2 heterocycles. The number of piperidine rings is 1. The number of rotatable bonds is 4. The first kappa shape index (κ1) is 18.5. The Kier molecular flexibility index (Phi) is 5.46. The van der Waals surface area contributed by atoms with Crippen LogP contribution in [0.15, 0.2) is 53.5 Å². The minimum atomic E-state index is -0.274. The fourth-order valence-electron chi connectivity index (χ4n) is 4.26. The number of hydrogen-bond acceptors (Lipinski definition) is 2. The van der Waals surface area contributed by atoms with Crippen LogP contribution in [-0.4, -0.2) is 37.0 Å². The maximum absolute atomic E-state index is 12.7. The van der Waals surface area contributed by atoms with Gasteiger partial charge in [-0.1, -0.05) is 41.9 Å². The van der Waals surface area contributed by atoms with Crippen LogP contribution >= 0.6 is 11.6 Å². The lowest BCUT2D eigenvalue weighted by molar-refractivity contribution is 0.142. The fraction of sp³-hybridized carbons (Fsp3) is 0.409. The molecule has 0 aliphatic carbocycles. The molecule has 1 fully saturated rings. The molecule has 0 atom stereocenters. The van der Waals surface area contributed by atoms with Gasteiger partial charge in [0.25, 0.3) is 0 Å². The maximum atomic E-state index is 12.7. The van der Waals surface area contributed by atoms with Gasteiger partial charge >= 0.3 is 0 Å². The van der Waals surface area contributed by atoms with Crippen LogP contribution in [0.4, 0.5) is 10.1 Å². The van der Waals surface area contributed by atoms with Gasteiger partial charge < -0.3 is 10.2 Å². The number of nitrogens with one attached hydrogen (secondary N) is 1. The van der Waals surface area contributed by atoms with Crippen LogP contribution in [0.1, 0.15) is 24.0 Å². The second-order valence-corrected chi connectivity index (χ2v) is 8.00. The zero-order valence-corrected chi connectivity index (χ0v) is 16.2. The summed E-state index contributed by atoms with van der Waals surface area (Å²) in [5, 5.41) is 4.35. The predicted molar refractivity (Wildman–Crippen MR) is 110 cm³/mol. The lowest BCUT2D eigenvalue weighted by Crippen LogP contribution is -2.50. The van der Waals surface area contributed by atoms with Gasteiger partial charge in [-0.3, -0.25) is 4.99 Å². The minimum Gasteiger partial charge on any atom is -0.343 e. The first-order valence-corrected chi connectivity index (χ1v) is 9.99.